The van der Waals surface area contributed by atoms with Gasteiger partial charge in [0.1, 0.15) is 23.2 Å². The molecule has 0 amide bonds. The Labute approximate surface area is 136 Å². The van der Waals surface area contributed by atoms with Crippen molar-refractivity contribution in [2.24, 2.45) is 0 Å². The van der Waals surface area contributed by atoms with Gasteiger partial charge < -0.3 is 10.5 Å². The zero-order chi connectivity index (χ0) is 15.9. The summed E-state index contributed by atoms with van der Waals surface area (Å²) in [6.45, 7) is 4.48. The number of nitrogens with two attached hydrogens (primary N) is 1. The Hall–Kier alpha value is -2.26. The topological polar surface area (TPSA) is 48.1 Å². The molecular formula is C18H19ClN2O. The molecule has 0 saturated carbocycles. The number of aromatic nitrogens is 1. The van der Waals surface area contributed by atoms with Crippen LogP contribution in [0.5, 0.6) is 5.75 Å². The third kappa shape index (κ3) is 4.64. The lowest BCUT2D eigenvalue weighted by atomic mass is 10.2. The predicted octanol–water partition coefficient (Wildman–Crippen LogP) is 4.88. The van der Waals surface area contributed by atoms with Crippen molar-refractivity contribution in [3.63, 3.8) is 0 Å². The quantitative estimate of drug-likeness (QED) is 0.632. The molecule has 0 fully saturated rings. The minimum Gasteiger partial charge on any atom is -0.487 e. The van der Waals surface area contributed by atoms with Gasteiger partial charge in [-0.2, -0.15) is 0 Å². The minimum absolute atomic E-state index is 0.356. The summed E-state index contributed by atoms with van der Waals surface area (Å²) in [7, 11) is 0. The summed E-state index contributed by atoms with van der Waals surface area (Å²) in [6, 6.07) is 11.5. The number of ether oxygens (including phenoxy) is 1. The first-order chi connectivity index (χ1) is 10.6. The van der Waals surface area contributed by atoms with Crippen molar-refractivity contribution in [2.75, 3.05) is 5.73 Å². The average molecular weight is 315 g/mol. The third-order valence-corrected chi connectivity index (χ3v) is 3.13. The number of rotatable bonds is 5. The second kappa shape index (κ2) is 7.66. The molecule has 0 saturated heterocycles. The summed E-state index contributed by atoms with van der Waals surface area (Å²) in [5.41, 5.74) is 9.46. The Morgan fingerprint density at radius 3 is 2.68 bits per heavy atom. The van der Waals surface area contributed by atoms with Gasteiger partial charge >= 0.3 is 0 Å². The van der Waals surface area contributed by atoms with E-state index in [-0.39, 0.29) is 0 Å². The van der Waals surface area contributed by atoms with Crippen molar-refractivity contribution in [3.05, 3.63) is 70.5 Å². The van der Waals surface area contributed by atoms with Crippen molar-refractivity contribution < 1.29 is 4.74 Å². The number of hydrogen-bond acceptors (Lipinski definition) is 3. The molecule has 0 aliphatic heterocycles. The number of pyridine rings is 1. The van der Waals surface area contributed by atoms with Gasteiger partial charge in [-0.25, -0.2) is 4.98 Å². The smallest absolute Gasteiger partial charge is 0.147 e. The van der Waals surface area contributed by atoms with Crippen LogP contribution in [0.4, 0.5) is 5.69 Å². The van der Waals surface area contributed by atoms with Crippen LogP contribution in [0.25, 0.3) is 6.08 Å². The predicted molar refractivity (Wildman–Crippen MR) is 92.9 cm³/mol. The summed E-state index contributed by atoms with van der Waals surface area (Å²) in [5, 5.41) is 0.356. The number of anilines is 1. The maximum Gasteiger partial charge on any atom is 0.147 e. The van der Waals surface area contributed by atoms with Gasteiger partial charge in [-0.3, -0.25) is 0 Å². The van der Waals surface area contributed by atoms with Crippen molar-refractivity contribution in [1.82, 2.24) is 4.98 Å². The summed E-state index contributed by atoms with van der Waals surface area (Å²) in [5.74, 6) is 0.542. The lowest BCUT2D eigenvalue weighted by molar-refractivity contribution is 0.307. The van der Waals surface area contributed by atoms with Crippen LogP contribution < -0.4 is 10.5 Å². The molecule has 0 unspecified atom stereocenters. The first kappa shape index (κ1) is 16.1. The van der Waals surface area contributed by atoms with E-state index < -0.39 is 0 Å². The molecule has 0 radical (unpaired) electrons. The highest BCUT2D eigenvalue weighted by Gasteiger charge is 2.08. The van der Waals surface area contributed by atoms with E-state index in [9.17, 15) is 0 Å². The van der Waals surface area contributed by atoms with Gasteiger partial charge in [0.2, 0.25) is 0 Å². The second-order valence-electron chi connectivity index (χ2n) is 5.12. The highest BCUT2D eigenvalue weighted by molar-refractivity contribution is 6.29. The molecule has 1 heterocycles. The molecule has 4 heteroatoms. The maximum absolute atomic E-state index is 6.12. The fourth-order valence-corrected chi connectivity index (χ4v) is 2.02. The van der Waals surface area contributed by atoms with Crippen LogP contribution in [0.2, 0.25) is 5.15 Å². The molecule has 0 spiro atoms. The minimum atomic E-state index is 0.356. The molecule has 0 aliphatic carbocycles. The molecule has 2 N–H and O–H groups in total. The van der Waals surface area contributed by atoms with E-state index in [4.69, 9.17) is 22.1 Å². The molecule has 3 nitrogen and oxygen atoms in total. The van der Waals surface area contributed by atoms with Gasteiger partial charge in [-0.15, -0.1) is 0 Å². The van der Waals surface area contributed by atoms with E-state index in [2.05, 4.69) is 4.98 Å². The average Bonchev–Trinajstić information content (AvgIpc) is 2.49. The molecule has 1 aromatic heterocycles. The Morgan fingerprint density at radius 1 is 1.27 bits per heavy atom. The summed E-state index contributed by atoms with van der Waals surface area (Å²) in [6.07, 6.45) is 5.70. The lowest BCUT2D eigenvalue weighted by Crippen LogP contribution is -2.02. The SMILES string of the molecule is CC(C)=C/C=C\c1nc(Cl)cc(OCc2ccccc2)c1N. The number of allylic oxidation sites excluding steroid dienone is 3. The van der Waals surface area contributed by atoms with Gasteiger partial charge in [0.05, 0.1) is 5.69 Å². The molecular weight excluding hydrogens is 296 g/mol. The van der Waals surface area contributed by atoms with Crippen molar-refractivity contribution in [3.8, 4) is 5.75 Å². The van der Waals surface area contributed by atoms with Gasteiger partial charge in [-0.05, 0) is 25.5 Å². The summed E-state index contributed by atoms with van der Waals surface area (Å²) in [4.78, 5) is 4.23. The molecule has 0 aliphatic rings. The van der Waals surface area contributed by atoms with Crippen LogP contribution in [-0.4, -0.2) is 4.98 Å². The summed E-state index contributed by atoms with van der Waals surface area (Å²) >= 11 is 6.05. The van der Waals surface area contributed by atoms with Crippen LogP contribution >= 0.6 is 11.6 Å². The Balaban J connectivity index is 2.19. The molecule has 0 atom stereocenters. The monoisotopic (exact) mass is 314 g/mol. The Bertz CT molecular complexity index is 690. The molecule has 0 bridgehead atoms. The lowest BCUT2D eigenvalue weighted by Gasteiger charge is -2.11. The van der Waals surface area contributed by atoms with Gasteiger partial charge in [0.15, 0.2) is 0 Å². The van der Waals surface area contributed by atoms with Gasteiger partial charge in [0, 0.05) is 6.07 Å². The molecule has 22 heavy (non-hydrogen) atoms. The maximum atomic E-state index is 6.12. The Kier molecular flexibility index (Phi) is 5.61. The molecule has 1 aromatic carbocycles. The number of benzene rings is 1. The number of nitrogen functional groups attached to an aromatic ring is 1. The fraction of sp³-hybridized carbons (Fsp3) is 0.167. The molecule has 114 valence electrons. The standard InChI is InChI=1S/C18H19ClN2O/c1-13(2)7-6-10-15-18(20)16(11-17(19)21-15)22-12-14-8-4-3-5-9-14/h3-11H,12,20H2,1-2H3/b10-6-. The molecule has 2 rings (SSSR count). The van der Waals surface area contributed by atoms with Gasteiger partial charge in [-0.1, -0.05) is 59.7 Å². The van der Waals surface area contributed by atoms with E-state index in [0.29, 0.717) is 28.9 Å². The van der Waals surface area contributed by atoms with Crippen LogP contribution in [0.3, 0.4) is 0 Å². The first-order valence-electron chi connectivity index (χ1n) is 7.00. The first-order valence-corrected chi connectivity index (χ1v) is 7.38. The zero-order valence-electron chi connectivity index (χ0n) is 12.7. The van der Waals surface area contributed by atoms with Crippen LogP contribution in [-0.2, 0) is 6.61 Å². The Morgan fingerprint density at radius 2 is 2.00 bits per heavy atom. The van der Waals surface area contributed by atoms with E-state index in [1.54, 1.807) is 6.07 Å². The fourth-order valence-electron chi connectivity index (χ4n) is 1.83. The number of nitrogens with zero attached hydrogens (tertiary/aromatic N) is 1. The normalized spacial score (nSPS) is 10.7. The zero-order valence-corrected chi connectivity index (χ0v) is 13.5. The number of hydrogen-bond donors (Lipinski definition) is 1. The highest BCUT2D eigenvalue weighted by atomic mass is 35.5. The van der Waals surface area contributed by atoms with E-state index in [1.807, 2.05) is 62.4 Å². The van der Waals surface area contributed by atoms with Crippen molar-refractivity contribution in [1.29, 1.82) is 0 Å². The molecule has 2 aromatic rings. The van der Waals surface area contributed by atoms with E-state index >= 15 is 0 Å². The largest absolute Gasteiger partial charge is 0.487 e. The van der Waals surface area contributed by atoms with Gasteiger partial charge in [0.25, 0.3) is 0 Å². The van der Waals surface area contributed by atoms with Crippen LogP contribution in [0.15, 0.2) is 54.1 Å². The van der Waals surface area contributed by atoms with Crippen molar-refractivity contribution in [2.45, 2.75) is 20.5 Å². The van der Waals surface area contributed by atoms with E-state index in [1.165, 1.54) is 5.57 Å². The summed E-state index contributed by atoms with van der Waals surface area (Å²) < 4.78 is 5.77. The second-order valence-corrected chi connectivity index (χ2v) is 5.51. The van der Waals surface area contributed by atoms with E-state index in [0.717, 1.165) is 5.56 Å². The van der Waals surface area contributed by atoms with Crippen LogP contribution in [0.1, 0.15) is 25.1 Å². The third-order valence-electron chi connectivity index (χ3n) is 2.94. The van der Waals surface area contributed by atoms with Crippen molar-refractivity contribution >= 4 is 23.4 Å². The van der Waals surface area contributed by atoms with Crippen LogP contribution in [0, 0.1) is 0 Å². The highest BCUT2D eigenvalue weighted by Crippen LogP contribution is 2.29. The number of halogens is 1.